The van der Waals surface area contributed by atoms with Crippen LogP contribution in [0.5, 0.6) is 0 Å². The number of imidazole rings is 1. The molecule has 25 heavy (non-hydrogen) atoms. The van der Waals surface area contributed by atoms with Crippen molar-refractivity contribution in [2.45, 2.75) is 18.8 Å². The highest BCUT2D eigenvalue weighted by Crippen LogP contribution is 2.39. The summed E-state index contributed by atoms with van der Waals surface area (Å²) in [5, 5.41) is 3.83. The Balaban J connectivity index is 1.91. The molecule has 1 aliphatic rings. The van der Waals surface area contributed by atoms with Gasteiger partial charge in [-0.15, -0.1) is 0 Å². The number of aromatic nitrogens is 5. The largest absolute Gasteiger partial charge is 0.372 e. The molecule has 0 atom stereocenters. The van der Waals surface area contributed by atoms with E-state index in [-0.39, 0.29) is 5.69 Å². The van der Waals surface area contributed by atoms with Crippen LogP contribution in [0.2, 0.25) is 0 Å². The second kappa shape index (κ2) is 5.14. The Bertz CT molecular complexity index is 1170. The van der Waals surface area contributed by atoms with E-state index in [4.69, 9.17) is 4.98 Å². The zero-order valence-corrected chi connectivity index (χ0v) is 13.7. The molecule has 1 saturated carbocycles. The first-order valence-electron chi connectivity index (χ1n) is 8.30. The summed E-state index contributed by atoms with van der Waals surface area (Å²) in [5.74, 6) is 1.73. The molecule has 7 heteroatoms. The number of anilines is 1. The van der Waals surface area contributed by atoms with Crippen molar-refractivity contribution in [3.63, 3.8) is 0 Å². The Morgan fingerprint density at radius 1 is 1.16 bits per heavy atom. The third-order valence-electron chi connectivity index (χ3n) is 4.63. The normalized spacial score (nSPS) is 14.3. The first-order valence-corrected chi connectivity index (χ1v) is 8.30. The highest BCUT2D eigenvalue weighted by atomic mass is 16.1. The molecule has 1 fully saturated rings. The second-order valence-electron chi connectivity index (χ2n) is 6.25. The van der Waals surface area contributed by atoms with Gasteiger partial charge in [-0.3, -0.25) is 4.40 Å². The van der Waals surface area contributed by atoms with Gasteiger partial charge in [-0.05, 0) is 37.1 Å². The van der Waals surface area contributed by atoms with Crippen LogP contribution in [-0.2, 0) is 0 Å². The highest BCUT2D eigenvalue weighted by molar-refractivity contribution is 5.87. The summed E-state index contributed by atoms with van der Waals surface area (Å²) >= 11 is 0. The summed E-state index contributed by atoms with van der Waals surface area (Å²) in [6.07, 6.45) is 5.86. The third kappa shape index (κ3) is 2.12. The van der Waals surface area contributed by atoms with E-state index < -0.39 is 0 Å². The lowest BCUT2D eigenvalue weighted by molar-refractivity contribution is 0.879. The van der Waals surface area contributed by atoms with Gasteiger partial charge in [0, 0.05) is 31.1 Å². The van der Waals surface area contributed by atoms with Gasteiger partial charge in [0.15, 0.2) is 5.65 Å². The van der Waals surface area contributed by atoms with Crippen molar-refractivity contribution in [3.05, 3.63) is 58.9 Å². The molecule has 124 valence electrons. The summed E-state index contributed by atoms with van der Waals surface area (Å²) in [7, 11) is 1.76. The van der Waals surface area contributed by atoms with Crippen LogP contribution in [0.1, 0.15) is 24.5 Å². The number of hydrogen-bond donors (Lipinski definition) is 1. The molecule has 4 aromatic rings. The minimum atomic E-state index is -0.363. The van der Waals surface area contributed by atoms with Crippen LogP contribution in [0.15, 0.2) is 47.5 Å². The zero-order chi connectivity index (χ0) is 17.0. The van der Waals surface area contributed by atoms with Gasteiger partial charge in [0.25, 0.3) is 0 Å². The molecular weight excluding hydrogens is 316 g/mol. The Kier molecular flexibility index (Phi) is 2.91. The summed E-state index contributed by atoms with van der Waals surface area (Å²) in [5.41, 5.74) is 2.06. The molecule has 0 radical (unpaired) electrons. The third-order valence-corrected chi connectivity index (χ3v) is 4.63. The molecule has 0 unspecified atom stereocenters. The maximum absolute atomic E-state index is 12.8. The van der Waals surface area contributed by atoms with E-state index in [1.165, 1.54) is 0 Å². The Morgan fingerprint density at radius 3 is 2.84 bits per heavy atom. The number of pyridine rings is 2. The molecule has 0 bridgehead atoms. The molecule has 1 N–H and O–H groups in total. The molecule has 0 aliphatic heterocycles. The van der Waals surface area contributed by atoms with E-state index in [0.29, 0.717) is 23.2 Å². The van der Waals surface area contributed by atoms with Crippen molar-refractivity contribution >= 4 is 22.5 Å². The fraction of sp³-hybridized carbons (Fsp3) is 0.222. The maximum Gasteiger partial charge on any atom is 0.357 e. The summed E-state index contributed by atoms with van der Waals surface area (Å²) in [4.78, 5) is 26.1. The van der Waals surface area contributed by atoms with Gasteiger partial charge in [-0.25, -0.2) is 19.3 Å². The highest BCUT2D eigenvalue weighted by Gasteiger charge is 2.26. The summed E-state index contributed by atoms with van der Waals surface area (Å²) < 4.78 is 3.43. The number of hydrogen-bond acceptors (Lipinski definition) is 5. The van der Waals surface area contributed by atoms with E-state index in [1.807, 2.05) is 40.9 Å². The number of fused-ring (bicyclic) bond motifs is 2. The molecule has 7 nitrogen and oxygen atoms in total. The molecule has 0 amide bonds. The Labute approximate surface area is 143 Å². The van der Waals surface area contributed by atoms with Gasteiger partial charge < -0.3 is 5.32 Å². The maximum atomic E-state index is 12.8. The monoisotopic (exact) mass is 332 g/mol. The minimum Gasteiger partial charge on any atom is -0.372 e. The Morgan fingerprint density at radius 2 is 2.04 bits per heavy atom. The van der Waals surface area contributed by atoms with Crippen LogP contribution in [0.4, 0.5) is 5.82 Å². The van der Waals surface area contributed by atoms with Crippen LogP contribution in [0.25, 0.3) is 22.5 Å². The summed E-state index contributed by atoms with van der Waals surface area (Å²) in [6, 6.07) is 9.69. The lowest BCUT2D eigenvalue weighted by atomic mass is 10.2. The summed E-state index contributed by atoms with van der Waals surface area (Å²) in [6.45, 7) is 0. The molecular formula is C18H16N6O. The van der Waals surface area contributed by atoms with Crippen LogP contribution in [-0.4, -0.2) is 31.0 Å². The van der Waals surface area contributed by atoms with E-state index >= 15 is 0 Å². The molecule has 4 aromatic heterocycles. The van der Waals surface area contributed by atoms with Gasteiger partial charge in [-0.2, -0.15) is 4.98 Å². The smallest absolute Gasteiger partial charge is 0.357 e. The predicted octanol–water partition coefficient (Wildman–Crippen LogP) is 2.35. The van der Waals surface area contributed by atoms with Crippen molar-refractivity contribution in [2.24, 2.45) is 0 Å². The molecule has 5 rings (SSSR count). The van der Waals surface area contributed by atoms with E-state index in [1.54, 1.807) is 17.8 Å². The van der Waals surface area contributed by atoms with E-state index in [2.05, 4.69) is 15.3 Å². The van der Waals surface area contributed by atoms with Crippen LogP contribution < -0.4 is 11.0 Å². The fourth-order valence-corrected chi connectivity index (χ4v) is 3.23. The second-order valence-corrected chi connectivity index (χ2v) is 6.25. The topological polar surface area (TPSA) is 77.1 Å². The molecule has 1 aliphatic carbocycles. The SMILES string of the molecule is CNc1nc(=O)n(-c2cccc3nccn23)c2nc(C3CC3)ccc12. The molecule has 0 aromatic carbocycles. The van der Waals surface area contributed by atoms with Crippen molar-refractivity contribution in [3.8, 4) is 5.82 Å². The average molecular weight is 332 g/mol. The van der Waals surface area contributed by atoms with Crippen molar-refractivity contribution in [1.29, 1.82) is 0 Å². The van der Waals surface area contributed by atoms with Crippen LogP contribution in [0.3, 0.4) is 0 Å². The quantitative estimate of drug-likeness (QED) is 0.623. The molecule has 0 saturated heterocycles. The van der Waals surface area contributed by atoms with Gasteiger partial charge in [0.2, 0.25) is 0 Å². The van der Waals surface area contributed by atoms with Crippen LogP contribution in [0, 0.1) is 0 Å². The lowest BCUT2D eigenvalue weighted by Crippen LogP contribution is -2.25. The van der Waals surface area contributed by atoms with Gasteiger partial charge in [-0.1, -0.05) is 6.07 Å². The van der Waals surface area contributed by atoms with Crippen LogP contribution >= 0.6 is 0 Å². The predicted molar refractivity (Wildman–Crippen MR) is 95.4 cm³/mol. The van der Waals surface area contributed by atoms with Crippen molar-refractivity contribution in [1.82, 2.24) is 23.9 Å². The zero-order valence-electron chi connectivity index (χ0n) is 13.7. The molecule has 4 heterocycles. The lowest BCUT2D eigenvalue weighted by Gasteiger charge is -2.14. The van der Waals surface area contributed by atoms with Gasteiger partial charge in [0.1, 0.15) is 17.3 Å². The standard InChI is InChI=1S/C18H16N6O/c1-19-16-12-7-8-13(11-5-6-11)21-17(12)24(18(25)22-16)15-4-2-3-14-20-9-10-23(14)15/h2-4,7-11H,5-6H2,1H3,(H,19,22,25). The van der Waals surface area contributed by atoms with Crippen molar-refractivity contribution < 1.29 is 0 Å². The number of rotatable bonds is 3. The first-order chi connectivity index (χ1) is 12.3. The Hall–Kier alpha value is -3.22. The first kappa shape index (κ1) is 14.2. The molecule has 0 spiro atoms. The van der Waals surface area contributed by atoms with Gasteiger partial charge in [0.05, 0.1) is 5.39 Å². The fourth-order valence-electron chi connectivity index (χ4n) is 3.23. The van der Waals surface area contributed by atoms with E-state index in [0.717, 1.165) is 29.6 Å². The van der Waals surface area contributed by atoms with Gasteiger partial charge >= 0.3 is 5.69 Å². The number of nitrogens with zero attached hydrogens (tertiary/aromatic N) is 5. The van der Waals surface area contributed by atoms with Crippen molar-refractivity contribution in [2.75, 3.05) is 12.4 Å². The van der Waals surface area contributed by atoms with E-state index in [9.17, 15) is 4.79 Å². The number of nitrogens with one attached hydrogen (secondary N) is 1. The minimum absolute atomic E-state index is 0.363. The average Bonchev–Trinajstić information content (AvgIpc) is 3.37.